The predicted molar refractivity (Wildman–Crippen MR) is 159 cm³/mol. The molecule has 1 atom stereocenters. The average molecular weight is 603 g/mol. The number of hydrogen-bond donors (Lipinski definition) is 1. The summed E-state index contributed by atoms with van der Waals surface area (Å²) in [6.07, 6.45) is 3.90. The third kappa shape index (κ3) is 7.16. The van der Waals surface area contributed by atoms with Crippen molar-refractivity contribution in [3.05, 3.63) is 94.0 Å². The maximum atomic E-state index is 14.0. The van der Waals surface area contributed by atoms with E-state index in [1.807, 2.05) is 6.92 Å². The van der Waals surface area contributed by atoms with Crippen molar-refractivity contribution in [3.8, 4) is 0 Å². The second kappa shape index (κ2) is 13.1. The van der Waals surface area contributed by atoms with Crippen LogP contribution in [0, 0.1) is 6.92 Å². The van der Waals surface area contributed by atoms with E-state index in [-0.39, 0.29) is 23.4 Å². The molecule has 0 radical (unpaired) electrons. The zero-order chi connectivity index (χ0) is 28.9. The van der Waals surface area contributed by atoms with Crippen LogP contribution in [-0.2, 0) is 26.2 Å². The molecular weight excluding hydrogens is 569 g/mol. The van der Waals surface area contributed by atoms with Gasteiger partial charge < -0.3 is 10.2 Å². The molecule has 40 heavy (non-hydrogen) atoms. The van der Waals surface area contributed by atoms with E-state index in [9.17, 15) is 18.0 Å². The van der Waals surface area contributed by atoms with E-state index >= 15 is 0 Å². The highest BCUT2D eigenvalue weighted by molar-refractivity contribution is 7.92. The van der Waals surface area contributed by atoms with Crippen LogP contribution >= 0.6 is 23.2 Å². The van der Waals surface area contributed by atoms with Crippen LogP contribution in [0.5, 0.6) is 0 Å². The predicted octanol–water partition coefficient (Wildman–Crippen LogP) is 5.97. The Morgan fingerprint density at radius 3 is 2.23 bits per heavy atom. The summed E-state index contributed by atoms with van der Waals surface area (Å²) in [7, 11) is -4.10. The van der Waals surface area contributed by atoms with Crippen molar-refractivity contribution in [2.24, 2.45) is 0 Å². The molecule has 0 saturated heterocycles. The zero-order valence-electron chi connectivity index (χ0n) is 22.5. The molecule has 1 N–H and O–H groups in total. The number of aryl methyl sites for hydroxylation is 1. The SMILES string of the molecule is Cc1ccc(S(=O)(=O)N(CC(=O)N(Cc2ccc(Cl)c(Cl)c2)[C@H](C)C(=O)NC2CCCC2)c2ccccc2)cc1. The smallest absolute Gasteiger partial charge is 0.264 e. The van der Waals surface area contributed by atoms with Crippen molar-refractivity contribution in [3.63, 3.8) is 0 Å². The van der Waals surface area contributed by atoms with Crippen molar-refractivity contribution in [1.82, 2.24) is 10.2 Å². The average Bonchev–Trinajstić information content (AvgIpc) is 3.45. The molecule has 1 saturated carbocycles. The van der Waals surface area contributed by atoms with Crippen LogP contribution in [0.4, 0.5) is 5.69 Å². The first-order valence-corrected chi connectivity index (χ1v) is 15.4. The van der Waals surface area contributed by atoms with E-state index in [4.69, 9.17) is 23.2 Å². The van der Waals surface area contributed by atoms with E-state index in [0.29, 0.717) is 21.3 Å². The second-order valence-corrected chi connectivity index (χ2v) is 12.8. The Morgan fingerprint density at radius 2 is 1.60 bits per heavy atom. The molecule has 0 heterocycles. The fraction of sp³-hybridized carbons (Fsp3) is 0.333. The molecule has 10 heteroatoms. The number of halogens is 2. The number of carbonyl (C=O) groups is 2. The van der Waals surface area contributed by atoms with Gasteiger partial charge in [0.1, 0.15) is 12.6 Å². The molecular formula is C30H33Cl2N3O4S. The van der Waals surface area contributed by atoms with E-state index in [1.165, 1.54) is 17.0 Å². The monoisotopic (exact) mass is 601 g/mol. The minimum Gasteiger partial charge on any atom is -0.352 e. The Hall–Kier alpha value is -3.07. The van der Waals surface area contributed by atoms with E-state index in [1.54, 1.807) is 67.6 Å². The lowest BCUT2D eigenvalue weighted by Crippen LogP contribution is -2.52. The summed E-state index contributed by atoms with van der Waals surface area (Å²) in [6, 6.07) is 19.2. The molecule has 4 rings (SSSR count). The quantitative estimate of drug-likeness (QED) is 0.310. The fourth-order valence-corrected chi connectivity index (χ4v) is 6.50. The van der Waals surface area contributed by atoms with Crippen LogP contribution < -0.4 is 9.62 Å². The molecule has 0 bridgehead atoms. The Balaban J connectivity index is 1.67. The summed E-state index contributed by atoms with van der Waals surface area (Å²) in [6.45, 7) is 3.07. The largest absolute Gasteiger partial charge is 0.352 e. The number of para-hydroxylation sites is 1. The first-order chi connectivity index (χ1) is 19.1. The fourth-order valence-electron chi connectivity index (χ4n) is 4.77. The lowest BCUT2D eigenvalue weighted by atomic mass is 10.1. The topological polar surface area (TPSA) is 86.8 Å². The molecule has 0 aliphatic heterocycles. The second-order valence-electron chi connectivity index (χ2n) is 10.1. The van der Waals surface area contributed by atoms with Crippen molar-refractivity contribution < 1.29 is 18.0 Å². The lowest BCUT2D eigenvalue weighted by molar-refractivity contribution is -0.139. The number of rotatable bonds is 10. The Bertz CT molecular complexity index is 1440. The number of amides is 2. The van der Waals surface area contributed by atoms with E-state index in [2.05, 4.69) is 5.32 Å². The molecule has 0 unspecified atom stereocenters. The number of benzene rings is 3. The first kappa shape index (κ1) is 29.9. The number of anilines is 1. The van der Waals surface area contributed by atoms with Crippen LogP contribution in [0.15, 0.2) is 77.7 Å². The minimum absolute atomic E-state index is 0.0438. The molecule has 1 aliphatic rings. The van der Waals surface area contributed by atoms with Crippen LogP contribution in [0.3, 0.4) is 0 Å². The van der Waals surface area contributed by atoms with Crippen LogP contribution in [0.1, 0.15) is 43.7 Å². The summed E-state index contributed by atoms with van der Waals surface area (Å²) in [5.41, 5.74) is 1.92. The standard InChI is InChI=1S/C30H33Cl2N3O4S/c1-21-12-15-26(16-13-21)40(38,39)35(25-10-4-3-5-11-25)20-29(36)34(19-23-14-17-27(31)28(32)18-23)22(2)30(37)33-24-8-6-7-9-24/h3-5,10-18,22,24H,6-9,19-20H2,1-2H3,(H,33,37)/t22-/m1/s1. The third-order valence-corrected chi connectivity index (χ3v) is 9.66. The third-order valence-electron chi connectivity index (χ3n) is 7.14. The maximum absolute atomic E-state index is 14.0. The highest BCUT2D eigenvalue weighted by Crippen LogP contribution is 2.27. The van der Waals surface area contributed by atoms with Crippen molar-refractivity contribution >= 4 is 50.7 Å². The van der Waals surface area contributed by atoms with Gasteiger partial charge in [0.2, 0.25) is 11.8 Å². The Kier molecular flexibility index (Phi) is 9.77. The molecule has 1 fully saturated rings. The van der Waals surface area contributed by atoms with Gasteiger partial charge in [-0.1, -0.05) is 78.0 Å². The molecule has 0 spiro atoms. The minimum atomic E-state index is -4.10. The van der Waals surface area contributed by atoms with Gasteiger partial charge in [-0.2, -0.15) is 0 Å². The Labute approximate surface area is 246 Å². The summed E-state index contributed by atoms with van der Waals surface area (Å²) in [5, 5.41) is 3.75. The molecule has 212 valence electrons. The molecule has 0 aromatic heterocycles. The van der Waals surface area contributed by atoms with Crippen LogP contribution in [-0.4, -0.2) is 43.8 Å². The van der Waals surface area contributed by atoms with Gasteiger partial charge in [-0.15, -0.1) is 0 Å². The van der Waals surface area contributed by atoms with Gasteiger partial charge >= 0.3 is 0 Å². The van der Waals surface area contributed by atoms with Crippen molar-refractivity contribution in [1.29, 1.82) is 0 Å². The first-order valence-electron chi connectivity index (χ1n) is 13.2. The summed E-state index contributed by atoms with van der Waals surface area (Å²) < 4.78 is 28.7. The maximum Gasteiger partial charge on any atom is 0.264 e. The van der Waals surface area contributed by atoms with Crippen LogP contribution in [0.2, 0.25) is 10.0 Å². The van der Waals surface area contributed by atoms with E-state index < -0.39 is 28.5 Å². The molecule has 1 aliphatic carbocycles. The van der Waals surface area contributed by atoms with Gasteiger partial charge in [-0.3, -0.25) is 13.9 Å². The number of carbonyl (C=O) groups excluding carboxylic acids is 2. The number of sulfonamides is 1. The number of nitrogens with zero attached hydrogens (tertiary/aromatic N) is 2. The van der Waals surface area contributed by atoms with Gasteiger partial charge in [-0.05, 0) is 68.7 Å². The summed E-state index contributed by atoms with van der Waals surface area (Å²) in [4.78, 5) is 28.7. The normalized spacial score (nSPS) is 14.5. The highest BCUT2D eigenvalue weighted by atomic mass is 35.5. The summed E-state index contributed by atoms with van der Waals surface area (Å²) in [5.74, 6) is -0.812. The molecule has 3 aromatic carbocycles. The van der Waals surface area contributed by atoms with Gasteiger partial charge in [0.25, 0.3) is 10.0 Å². The van der Waals surface area contributed by atoms with Crippen molar-refractivity contribution in [2.45, 2.75) is 63.1 Å². The zero-order valence-corrected chi connectivity index (χ0v) is 24.8. The molecule has 2 amide bonds. The summed E-state index contributed by atoms with van der Waals surface area (Å²) >= 11 is 12.3. The van der Waals surface area contributed by atoms with E-state index in [0.717, 1.165) is 35.6 Å². The van der Waals surface area contributed by atoms with Crippen molar-refractivity contribution in [2.75, 3.05) is 10.8 Å². The number of hydrogen-bond acceptors (Lipinski definition) is 4. The lowest BCUT2D eigenvalue weighted by Gasteiger charge is -2.32. The number of nitrogens with one attached hydrogen (secondary N) is 1. The molecule has 7 nitrogen and oxygen atoms in total. The highest BCUT2D eigenvalue weighted by Gasteiger charge is 2.33. The van der Waals surface area contributed by atoms with Gasteiger partial charge in [0, 0.05) is 12.6 Å². The Morgan fingerprint density at radius 1 is 0.950 bits per heavy atom. The van der Waals surface area contributed by atoms with Crippen LogP contribution in [0.25, 0.3) is 0 Å². The molecule has 3 aromatic rings. The van der Waals surface area contributed by atoms with Gasteiger partial charge in [0.15, 0.2) is 0 Å². The van der Waals surface area contributed by atoms with Gasteiger partial charge in [-0.25, -0.2) is 8.42 Å². The van der Waals surface area contributed by atoms with Gasteiger partial charge in [0.05, 0.1) is 20.6 Å².